The van der Waals surface area contributed by atoms with Crippen LogP contribution in [0.25, 0.3) is 0 Å². The van der Waals surface area contributed by atoms with Crippen molar-refractivity contribution in [2.24, 2.45) is 0 Å². The number of hydrogen-bond donors (Lipinski definition) is 1. The van der Waals surface area contributed by atoms with E-state index in [1.165, 1.54) is 25.7 Å². The number of ether oxygens (including phenoxy) is 1. The third-order valence-corrected chi connectivity index (χ3v) is 4.29. The highest BCUT2D eigenvalue weighted by Gasteiger charge is 2.13. The molecule has 1 aromatic carbocycles. The summed E-state index contributed by atoms with van der Waals surface area (Å²) in [6, 6.07) is 4.64. The van der Waals surface area contributed by atoms with E-state index in [4.69, 9.17) is 16.3 Å². The molecule has 2 rings (SSSR count). The zero-order chi connectivity index (χ0) is 13.7. The Balaban J connectivity index is 1.70. The average Bonchev–Trinajstić information content (AvgIpc) is 2.84. The Bertz CT molecular complexity index is 396. The van der Waals surface area contributed by atoms with Crippen molar-refractivity contribution in [3.8, 4) is 5.75 Å². The summed E-state index contributed by atoms with van der Waals surface area (Å²) in [4.78, 5) is 0. The van der Waals surface area contributed by atoms with Crippen LogP contribution in [0.15, 0.2) is 16.6 Å². The lowest BCUT2D eigenvalue weighted by Gasteiger charge is -2.14. The van der Waals surface area contributed by atoms with E-state index in [9.17, 15) is 0 Å². The molecule has 1 saturated carbocycles. The van der Waals surface area contributed by atoms with Gasteiger partial charge in [-0.05, 0) is 50.4 Å². The highest BCUT2D eigenvalue weighted by atomic mass is 79.9. The maximum Gasteiger partial charge on any atom is 0.140 e. The standard InChI is InChI=1S/C15H21BrClNO/c1-11-9-12(16)10-14(17)15(11)19-8-4-7-18-13-5-2-3-6-13/h9-10,13,18H,2-8H2,1H3. The van der Waals surface area contributed by atoms with Crippen molar-refractivity contribution < 1.29 is 4.74 Å². The van der Waals surface area contributed by atoms with E-state index >= 15 is 0 Å². The maximum absolute atomic E-state index is 6.18. The van der Waals surface area contributed by atoms with Crippen LogP contribution in [0.1, 0.15) is 37.7 Å². The molecule has 0 radical (unpaired) electrons. The van der Waals surface area contributed by atoms with Gasteiger partial charge in [0.2, 0.25) is 0 Å². The number of rotatable bonds is 6. The molecule has 1 N–H and O–H groups in total. The predicted molar refractivity (Wildman–Crippen MR) is 84.3 cm³/mol. The molecule has 0 unspecified atom stereocenters. The molecule has 2 nitrogen and oxygen atoms in total. The van der Waals surface area contributed by atoms with Gasteiger partial charge in [0.1, 0.15) is 5.75 Å². The van der Waals surface area contributed by atoms with Gasteiger partial charge in [-0.25, -0.2) is 0 Å². The fourth-order valence-corrected chi connectivity index (χ4v) is 3.58. The molecule has 0 spiro atoms. The minimum Gasteiger partial charge on any atom is -0.492 e. The molecule has 4 heteroatoms. The molecule has 19 heavy (non-hydrogen) atoms. The van der Waals surface area contributed by atoms with Crippen LogP contribution in [-0.2, 0) is 0 Å². The van der Waals surface area contributed by atoms with Crippen molar-refractivity contribution in [3.63, 3.8) is 0 Å². The van der Waals surface area contributed by atoms with Crippen molar-refractivity contribution in [3.05, 3.63) is 27.2 Å². The van der Waals surface area contributed by atoms with Crippen molar-refractivity contribution in [1.29, 1.82) is 0 Å². The van der Waals surface area contributed by atoms with Gasteiger partial charge in [0.25, 0.3) is 0 Å². The minimum atomic E-state index is 0.677. The first-order valence-corrected chi connectivity index (χ1v) is 8.16. The molecule has 1 aliphatic carbocycles. The predicted octanol–water partition coefficient (Wildman–Crippen LogP) is 4.71. The quantitative estimate of drug-likeness (QED) is 0.753. The first kappa shape index (κ1) is 15.1. The Kier molecular flexibility index (Phi) is 5.99. The Hall–Kier alpha value is -0.250. The molecule has 0 heterocycles. The number of hydrogen-bond acceptors (Lipinski definition) is 2. The van der Waals surface area contributed by atoms with Gasteiger partial charge in [0, 0.05) is 10.5 Å². The number of halogens is 2. The van der Waals surface area contributed by atoms with E-state index in [-0.39, 0.29) is 0 Å². The molecule has 1 aromatic rings. The molecule has 106 valence electrons. The number of benzene rings is 1. The van der Waals surface area contributed by atoms with Crippen LogP contribution < -0.4 is 10.1 Å². The van der Waals surface area contributed by atoms with Gasteiger partial charge in [-0.15, -0.1) is 0 Å². The van der Waals surface area contributed by atoms with Crippen molar-refractivity contribution in [1.82, 2.24) is 5.32 Å². The van der Waals surface area contributed by atoms with E-state index in [2.05, 4.69) is 21.2 Å². The Morgan fingerprint density at radius 2 is 2.11 bits per heavy atom. The molecular weight excluding hydrogens is 326 g/mol. The van der Waals surface area contributed by atoms with E-state index in [0.717, 1.165) is 34.8 Å². The second kappa shape index (κ2) is 7.51. The minimum absolute atomic E-state index is 0.677. The summed E-state index contributed by atoms with van der Waals surface area (Å²) in [6.45, 7) is 3.75. The largest absolute Gasteiger partial charge is 0.492 e. The van der Waals surface area contributed by atoms with Gasteiger partial charge in [0.15, 0.2) is 0 Å². The molecule has 0 atom stereocenters. The first-order chi connectivity index (χ1) is 9.16. The second-order valence-electron chi connectivity index (χ2n) is 5.17. The van der Waals surface area contributed by atoms with E-state index in [1.807, 2.05) is 19.1 Å². The zero-order valence-electron chi connectivity index (χ0n) is 11.3. The smallest absolute Gasteiger partial charge is 0.140 e. The van der Waals surface area contributed by atoms with Crippen molar-refractivity contribution in [2.75, 3.05) is 13.2 Å². The van der Waals surface area contributed by atoms with E-state index in [1.54, 1.807) is 0 Å². The third kappa shape index (κ3) is 4.66. The molecule has 0 bridgehead atoms. The van der Waals surface area contributed by atoms with Crippen LogP contribution in [0.2, 0.25) is 5.02 Å². The van der Waals surface area contributed by atoms with Crippen LogP contribution in [0, 0.1) is 6.92 Å². The molecule has 0 saturated heterocycles. The van der Waals surface area contributed by atoms with E-state index in [0.29, 0.717) is 11.6 Å². The summed E-state index contributed by atoms with van der Waals surface area (Å²) in [5, 5.41) is 4.26. The second-order valence-corrected chi connectivity index (χ2v) is 6.49. The lowest BCUT2D eigenvalue weighted by Crippen LogP contribution is -2.27. The van der Waals surface area contributed by atoms with Crippen LogP contribution in [0.4, 0.5) is 0 Å². The number of nitrogens with one attached hydrogen (secondary N) is 1. The normalized spacial score (nSPS) is 15.9. The number of aryl methyl sites for hydroxylation is 1. The molecule has 0 amide bonds. The van der Waals surface area contributed by atoms with Crippen LogP contribution in [0.5, 0.6) is 5.75 Å². The summed E-state index contributed by atoms with van der Waals surface area (Å²) in [5.41, 5.74) is 1.07. The van der Waals surface area contributed by atoms with Gasteiger partial charge in [-0.3, -0.25) is 0 Å². The van der Waals surface area contributed by atoms with Crippen LogP contribution >= 0.6 is 27.5 Å². The monoisotopic (exact) mass is 345 g/mol. The van der Waals surface area contributed by atoms with Crippen molar-refractivity contribution >= 4 is 27.5 Å². The van der Waals surface area contributed by atoms with Gasteiger partial charge < -0.3 is 10.1 Å². The molecule has 0 aliphatic heterocycles. The maximum atomic E-state index is 6.18. The molecular formula is C15H21BrClNO. The van der Waals surface area contributed by atoms with Crippen LogP contribution in [-0.4, -0.2) is 19.2 Å². The summed E-state index contributed by atoms with van der Waals surface area (Å²) in [5.74, 6) is 0.811. The lowest BCUT2D eigenvalue weighted by atomic mass is 10.2. The highest BCUT2D eigenvalue weighted by Crippen LogP contribution is 2.32. The summed E-state index contributed by atoms with van der Waals surface area (Å²) < 4.78 is 6.79. The fraction of sp³-hybridized carbons (Fsp3) is 0.600. The molecule has 1 fully saturated rings. The fourth-order valence-electron chi connectivity index (χ4n) is 2.55. The lowest BCUT2D eigenvalue weighted by molar-refractivity contribution is 0.303. The summed E-state index contributed by atoms with van der Waals surface area (Å²) in [7, 11) is 0. The van der Waals surface area contributed by atoms with Crippen molar-refractivity contribution in [2.45, 2.75) is 45.1 Å². The highest BCUT2D eigenvalue weighted by molar-refractivity contribution is 9.10. The molecule has 0 aromatic heterocycles. The summed E-state index contributed by atoms with van der Waals surface area (Å²) >= 11 is 9.61. The Morgan fingerprint density at radius 1 is 1.37 bits per heavy atom. The molecule has 1 aliphatic rings. The Labute approximate surface area is 129 Å². The zero-order valence-corrected chi connectivity index (χ0v) is 13.7. The SMILES string of the molecule is Cc1cc(Br)cc(Cl)c1OCCCNC1CCCC1. The van der Waals surface area contributed by atoms with Gasteiger partial charge in [0.05, 0.1) is 11.6 Å². The first-order valence-electron chi connectivity index (χ1n) is 6.98. The van der Waals surface area contributed by atoms with Gasteiger partial charge in [-0.2, -0.15) is 0 Å². The van der Waals surface area contributed by atoms with Crippen LogP contribution in [0.3, 0.4) is 0 Å². The Morgan fingerprint density at radius 3 is 2.79 bits per heavy atom. The topological polar surface area (TPSA) is 21.3 Å². The van der Waals surface area contributed by atoms with Gasteiger partial charge in [-0.1, -0.05) is 40.4 Å². The third-order valence-electron chi connectivity index (χ3n) is 3.55. The average molecular weight is 347 g/mol. The summed E-state index contributed by atoms with van der Waals surface area (Å²) in [6.07, 6.45) is 6.43. The van der Waals surface area contributed by atoms with Gasteiger partial charge >= 0.3 is 0 Å². The van der Waals surface area contributed by atoms with E-state index < -0.39 is 0 Å².